The number of ether oxygens (including phenoxy) is 3. The van der Waals surface area contributed by atoms with Gasteiger partial charge >= 0.3 is 0 Å². The van der Waals surface area contributed by atoms with Crippen LogP contribution in [0.2, 0.25) is 0 Å². The zero-order valence-electron chi connectivity index (χ0n) is 13.3. The summed E-state index contributed by atoms with van der Waals surface area (Å²) in [5, 5.41) is 0. The zero-order valence-corrected chi connectivity index (χ0v) is 13.3. The van der Waals surface area contributed by atoms with Crippen LogP contribution < -0.4 is 19.9 Å². The molecule has 0 atom stereocenters. The van der Waals surface area contributed by atoms with E-state index in [1.807, 2.05) is 0 Å². The number of allylic oxidation sites excluding steroid dienone is 1. The van der Waals surface area contributed by atoms with Gasteiger partial charge in [-0.25, -0.2) is 0 Å². The van der Waals surface area contributed by atoms with Crippen LogP contribution in [0.5, 0.6) is 17.2 Å². The van der Waals surface area contributed by atoms with Gasteiger partial charge in [-0.2, -0.15) is 0 Å². The third-order valence-electron chi connectivity index (χ3n) is 3.35. The number of carbonyl (C=O) groups excluding carboxylic acids is 1. The Morgan fingerprint density at radius 1 is 0.913 bits per heavy atom. The molecule has 0 amide bonds. The Hall–Kier alpha value is -2.95. The van der Waals surface area contributed by atoms with E-state index in [1.54, 1.807) is 63.8 Å². The summed E-state index contributed by atoms with van der Waals surface area (Å²) in [6.45, 7) is 0. The van der Waals surface area contributed by atoms with Crippen LogP contribution in [0.15, 0.2) is 42.5 Å². The minimum Gasteiger partial charge on any atom is -0.496 e. The minimum atomic E-state index is -0.123. The zero-order chi connectivity index (χ0) is 16.8. The average Bonchev–Trinajstić information content (AvgIpc) is 2.59. The molecule has 0 heterocycles. The van der Waals surface area contributed by atoms with Gasteiger partial charge in [0.15, 0.2) is 17.3 Å². The summed E-state index contributed by atoms with van der Waals surface area (Å²) in [7, 11) is 4.66. The normalized spacial score (nSPS) is 10.6. The highest BCUT2D eigenvalue weighted by Gasteiger charge is 2.10. The van der Waals surface area contributed by atoms with Crippen molar-refractivity contribution in [3.05, 3.63) is 53.6 Å². The van der Waals surface area contributed by atoms with Gasteiger partial charge in [-0.3, -0.25) is 4.79 Å². The third kappa shape index (κ3) is 3.83. The number of benzene rings is 2. The lowest BCUT2D eigenvalue weighted by Crippen LogP contribution is -1.96. The van der Waals surface area contributed by atoms with Gasteiger partial charge in [0, 0.05) is 22.9 Å². The lowest BCUT2D eigenvalue weighted by atomic mass is 10.1. The first-order valence-electron chi connectivity index (χ1n) is 6.97. The number of ketones is 1. The van der Waals surface area contributed by atoms with E-state index in [1.165, 1.54) is 6.08 Å². The summed E-state index contributed by atoms with van der Waals surface area (Å²) in [4.78, 5) is 12.2. The van der Waals surface area contributed by atoms with E-state index in [9.17, 15) is 4.79 Å². The molecule has 0 unspecified atom stereocenters. The number of nitrogen functional groups attached to an aromatic ring is 1. The molecule has 0 saturated heterocycles. The van der Waals surface area contributed by atoms with Crippen molar-refractivity contribution in [1.29, 1.82) is 0 Å². The van der Waals surface area contributed by atoms with Crippen molar-refractivity contribution in [2.45, 2.75) is 0 Å². The lowest BCUT2D eigenvalue weighted by Gasteiger charge is -2.12. The molecule has 0 radical (unpaired) electrons. The van der Waals surface area contributed by atoms with Crippen molar-refractivity contribution in [1.82, 2.24) is 0 Å². The second-order valence-electron chi connectivity index (χ2n) is 4.77. The van der Waals surface area contributed by atoms with Crippen LogP contribution in [0.1, 0.15) is 15.9 Å². The van der Waals surface area contributed by atoms with Crippen LogP contribution in [0.25, 0.3) is 6.08 Å². The number of rotatable bonds is 6. The summed E-state index contributed by atoms with van der Waals surface area (Å²) < 4.78 is 15.8. The second-order valence-corrected chi connectivity index (χ2v) is 4.77. The van der Waals surface area contributed by atoms with Crippen molar-refractivity contribution in [3.63, 3.8) is 0 Å². The highest BCUT2D eigenvalue weighted by Crippen LogP contribution is 2.35. The molecule has 2 N–H and O–H groups in total. The number of nitrogens with two attached hydrogens (primary N) is 1. The van der Waals surface area contributed by atoms with Gasteiger partial charge in [-0.1, -0.05) is 0 Å². The van der Waals surface area contributed by atoms with Crippen LogP contribution in [-0.4, -0.2) is 27.1 Å². The van der Waals surface area contributed by atoms with Crippen molar-refractivity contribution in [2.75, 3.05) is 27.1 Å². The topological polar surface area (TPSA) is 70.8 Å². The van der Waals surface area contributed by atoms with Crippen molar-refractivity contribution < 1.29 is 19.0 Å². The largest absolute Gasteiger partial charge is 0.496 e. The number of anilines is 1. The van der Waals surface area contributed by atoms with Gasteiger partial charge in [0.05, 0.1) is 21.3 Å². The smallest absolute Gasteiger partial charge is 0.185 e. The minimum absolute atomic E-state index is 0.123. The molecule has 5 heteroatoms. The Bertz CT molecular complexity index is 721. The standard InChI is InChI=1S/C18H19NO4/c1-21-16-11-18(23-3)17(22-2)10-13(16)6-9-15(20)12-4-7-14(19)8-5-12/h4-11H,19H2,1-3H3. The van der Waals surface area contributed by atoms with E-state index in [4.69, 9.17) is 19.9 Å². The molecule has 0 aromatic heterocycles. The molecule has 0 aliphatic carbocycles. The van der Waals surface area contributed by atoms with Gasteiger partial charge < -0.3 is 19.9 Å². The molecule has 23 heavy (non-hydrogen) atoms. The molecular formula is C18H19NO4. The molecule has 0 fully saturated rings. The molecule has 0 aliphatic rings. The maximum atomic E-state index is 12.2. The summed E-state index contributed by atoms with van der Waals surface area (Å²) in [5.41, 5.74) is 7.52. The fraction of sp³-hybridized carbons (Fsp3) is 0.167. The predicted octanol–water partition coefficient (Wildman–Crippen LogP) is 3.19. The van der Waals surface area contributed by atoms with E-state index in [2.05, 4.69) is 0 Å². The highest BCUT2D eigenvalue weighted by molar-refractivity contribution is 6.07. The van der Waals surface area contributed by atoms with Gasteiger partial charge in [0.25, 0.3) is 0 Å². The molecule has 0 spiro atoms. The molecule has 0 aliphatic heterocycles. The molecule has 2 aromatic rings. The van der Waals surface area contributed by atoms with E-state index in [0.717, 1.165) is 0 Å². The Morgan fingerprint density at radius 2 is 1.48 bits per heavy atom. The Kier molecular flexibility index (Phi) is 5.25. The van der Waals surface area contributed by atoms with Crippen LogP contribution in [0.3, 0.4) is 0 Å². The van der Waals surface area contributed by atoms with Crippen molar-refractivity contribution >= 4 is 17.5 Å². The number of methoxy groups -OCH3 is 3. The number of hydrogen-bond donors (Lipinski definition) is 1. The summed E-state index contributed by atoms with van der Waals surface area (Å²) >= 11 is 0. The first kappa shape index (κ1) is 16.4. The lowest BCUT2D eigenvalue weighted by molar-refractivity contribution is 0.104. The highest BCUT2D eigenvalue weighted by atomic mass is 16.5. The molecule has 0 saturated carbocycles. The summed E-state index contributed by atoms with van der Waals surface area (Å²) in [5.74, 6) is 1.59. The maximum Gasteiger partial charge on any atom is 0.185 e. The second kappa shape index (κ2) is 7.35. The van der Waals surface area contributed by atoms with E-state index >= 15 is 0 Å². The molecule has 120 valence electrons. The number of carbonyl (C=O) groups is 1. The van der Waals surface area contributed by atoms with Gasteiger partial charge in [-0.05, 0) is 42.5 Å². The molecule has 2 aromatic carbocycles. The van der Waals surface area contributed by atoms with Crippen LogP contribution in [0, 0.1) is 0 Å². The fourth-order valence-corrected chi connectivity index (χ4v) is 2.09. The van der Waals surface area contributed by atoms with E-state index < -0.39 is 0 Å². The van der Waals surface area contributed by atoms with Gasteiger partial charge in [-0.15, -0.1) is 0 Å². The Labute approximate surface area is 135 Å². The summed E-state index contributed by atoms with van der Waals surface area (Å²) in [6, 6.07) is 10.2. The summed E-state index contributed by atoms with van der Waals surface area (Å²) in [6.07, 6.45) is 3.16. The molecule has 0 bridgehead atoms. The van der Waals surface area contributed by atoms with Gasteiger partial charge in [0.2, 0.25) is 0 Å². The van der Waals surface area contributed by atoms with Crippen molar-refractivity contribution in [3.8, 4) is 17.2 Å². The van der Waals surface area contributed by atoms with Crippen molar-refractivity contribution in [2.24, 2.45) is 0 Å². The van der Waals surface area contributed by atoms with Crippen LogP contribution in [-0.2, 0) is 0 Å². The van der Waals surface area contributed by atoms with E-state index in [0.29, 0.717) is 34.1 Å². The van der Waals surface area contributed by atoms with Crippen LogP contribution >= 0.6 is 0 Å². The number of hydrogen-bond acceptors (Lipinski definition) is 5. The Balaban J connectivity index is 2.30. The first-order valence-corrected chi connectivity index (χ1v) is 6.97. The predicted molar refractivity (Wildman–Crippen MR) is 90.3 cm³/mol. The van der Waals surface area contributed by atoms with E-state index in [-0.39, 0.29) is 5.78 Å². The van der Waals surface area contributed by atoms with Crippen LogP contribution in [0.4, 0.5) is 5.69 Å². The average molecular weight is 313 g/mol. The Morgan fingerprint density at radius 3 is 2.04 bits per heavy atom. The third-order valence-corrected chi connectivity index (χ3v) is 3.35. The maximum absolute atomic E-state index is 12.2. The van der Waals surface area contributed by atoms with Gasteiger partial charge in [0.1, 0.15) is 5.75 Å². The quantitative estimate of drug-likeness (QED) is 0.504. The molecule has 2 rings (SSSR count). The fourth-order valence-electron chi connectivity index (χ4n) is 2.09. The monoisotopic (exact) mass is 313 g/mol. The molecule has 5 nitrogen and oxygen atoms in total. The first-order chi connectivity index (χ1) is 11.1. The molecular weight excluding hydrogens is 294 g/mol. The SMILES string of the molecule is COc1cc(OC)c(OC)cc1C=CC(=O)c1ccc(N)cc1.